The number of pyridine rings is 2. The van der Waals surface area contributed by atoms with Gasteiger partial charge in [0, 0.05) is 63.3 Å². The maximum atomic E-state index is 12.7. The number of carbonyl (C=O) groups is 2. The Hall–Kier alpha value is -2.76. The van der Waals surface area contributed by atoms with E-state index in [1.54, 1.807) is 29.7 Å². The molecule has 0 aromatic carbocycles. The third-order valence-electron chi connectivity index (χ3n) is 5.03. The molecular formula is C19H20N4O2. The predicted molar refractivity (Wildman–Crippen MR) is 91.3 cm³/mol. The summed E-state index contributed by atoms with van der Waals surface area (Å²) in [6.45, 7) is 2.49. The summed E-state index contributed by atoms with van der Waals surface area (Å²) in [6, 6.07) is 7.81. The van der Waals surface area contributed by atoms with Crippen LogP contribution in [0.1, 0.15) is 23.5 Å². The Morgan fingerprint density at radius 2 is 1.88 bits per heavy atom. The third-order valence-corrected chi connectivity index (χ3v) is 5.03. The molecule has 0 bridgehead atoms. The van der Waals surface area contributed by atoms with Crippen molar-refractivity contribution in [2.45, 2.75) is 18.9 Å². The minimum atomic E-state index is -0.220. The van der Waals surface area contributed by atoms with Gasteiger partial charge in [0.05, 0.1) is 5.92 Å². The smallest absolute Gasteiger partial charge is 0.228 e. The first kappa shape index (κ1) is 15.7. The number of carbonyl (C=O) groups excluding carboxylic acids is 2. The van der Waals surface area contributed by atoms with E-state index in [0.29, 0.717) is 25.4 Å². The molecule has 2 aliphatic heterocycles. The number of amides is 2. The van der Waals surface area contributed by atoms with Crippen LogP contribution in [0.4, 0.5) is 0 Å². The Balaban J connectivity index is 1.33. The average molecular weight is 336 g/mol. The number of nitrogens with zero attached hydrogens (tertiary/aromatic N) is 4. The summed E-state index contributed by atoms with van der Waals surface area (Å²) in [6.07, 6.45) is 7.36. The van der Waals surface area contributed by atoms with Crippen molar-refractivity contribution in [1.82, 2.24) is 19.8 Å². The van der Waals surface area contributed by atoms with E-state index in [0.717, 1.165) is 18.7 Å². The lowest BCUT2D eigenvalue weighted by Crippen LogP contribution is -2.51. The van der Waals surface area contributed by atoms with Crippen LogP contribution in [0.3, 0.4) is 0 Å². The SMILES string of the molecule is O=C1C[C@H](C(=O)N2CC(c3ccncc3)C2)CN1Cc1cccnc1. The van der Waals surface area contributed by atoms with Gasteiger partial charge in [0.25, 0.3) is 0 Å². The molecular weight excluding hydrogens is 316 g/mol. The van der Waals surface area contributed by atoms with E-state index in [1.807, 2.05) is 29.2 Å². The third kappa shape index (κ3) is 3.24. The van der Waals surface area contributed by atoms with Gasteiger partial charge in [0.1, 0.15) is 0 Å². The van der Waals surface area contributed by atoms with Gasteiger partial charge in [0.15, 0.2) is 0 Å². The summed E-state index contributed by atoms with van der Waals surface area (Å²) in [4.78, 5) is 36.6. The fraction of sp³-hybridized carbons (Fsp3) is 0.368. The highest BCUT2D eigenvalue weighted by Crippen LogP contribution is 2.30. The van der Waals surface area contributed by atoms with Crippen LogP contribution in [0.2, 0.25) is 0 Å². The Morgan fingerprint density at radius 3 is 2.60 bits per heavy atom. The first-order valence-electron chi connectivity index (χ1n) is 8.56. The monoisotopic (exact) mass is 336 g/mol. The highest BCUT2D eigenvalue weighted by molar-refractivity contribution is 5.89. The average Bonchev–Trinajstić information content (AvgIpc) is 2.96. The minimum Gasteiger partial charge on any atom is -0.341 e. The molecule has 2 aromatic heterocycles. The van der Waals surface area contributed by atoms with Crippen molar-refractivity contribution in [3.05, 3.63) is 60.2 Å². The zero-order valence-corrected chi connectivity index (χ0v) is 13.9. The summed E-state index contributed by atoms with van der Waals surface area (Å²) >= 11 is 0. The van der Waals surface area contributed by atoms with Crippen LogP contribution >= 0.6 is 0 Å². The van der Waals surface area contributed by atoms with E-state index in [1.165, 1.54) is 5.56 Å². The molecule has 128 valence electrons. The standard InChI is InChI=1S/C19H20N4O2/c24-18-8-16(11-22(18)10-14-2-1-5-21-9-14)19(25)23-12-17(13-23)15-3-6-20-7-4-15/h1-7,9,16-17H,8,10-13H2/t16-/m0/s1. The summed E-state index contributed by atoms with van der Waals surface area (Å²) < 4.78 is 0. The molecule has 0 radical (unpaired) electrons. The normalized spacial score (nSPS) is 20.6. The van der Waals surface area contributed by atoms with Crippen LogP contribution < -0.4 is 0 Å². The largest absolute Gasteiger partial charge is 0.341 e. The molecule has 4 rings (SSSR count). The van der Waals surface area contributed by atoms with Gasteiger partial charge in [-0.05, 0) is 29.3 Å². The molecule has 4 heterocycles. The molecule has 0 N–H and O–H groups in total. The van der Waals surface area contributed by atoms with Gasteiger partial charge in [-0.1, -0.05) is 6.07 Å². The summed E-state index contributed by atoms with van der Waals surface area (Å²) in [5, 5.41) is 0. The molecule has 2 fully saturated rings. The highest BCUT2D eigenvalue weighted by atomic mass is 16.2. The van der Waals surface area contributed by atoms with E-state index in [9.17, 15) is 9.59 Å². The van der Waals surface area contributed by atoms with Crippen molar-refractivity contribution in [3.8, 4) is 0 Å². The Kier molecular flexibility index (Phi) is 4.17. The summed E-state index contributed by atoms with van der Waals surface area (Å²) in [5.74, 6) is 0.318. The Labute approximate surface area is 146 Å². The van der Waals surface area contributed by atoms with Gasteiger partial charge >= 0.3 is 0 Å². The predicted octanol–water partition coefficient (Wildman–Crippen LogP) is 1.45. The van der Waals surface area contributed by atoms with Crippen LogP contribution in [-0.4, -0.2) is 51.2 Å². The Bertz CT molecular complexity index is 760. The van der Waals surface area contributed by atoms with E-state index in [2.05, 4.69) is 9.97 Å². The number of aromatic nitrogens is 2. The van der Waals surface area contributed by atoms with Gasteiger partial charge in [-0.2, -0.15) is 0 Å². The van der Waals surface area contributed by atoms with E-state index in [4.69, 9.17) is 0 Å². The summed E-state index contributed by atoms with van der Waals surface area (Å²) in [5.41, 5.74) is 2.21. The van der Waals surface area contributed by atoms with Crippen LogP contribution in [0.5, 0.6) is 0 Å². The van der Waals surface area contributed by atoms with Gasteiger partial charge in [-0.25, -0.2) is 0 Å². The molecule has 0 unspecified atom stereocenters. The molecule has 2 saturated heterocycles. The summed E-state index contributed by atoms with van der Waals surface area (Å²) in [7, 11) is 0. The van der Waals surface area contributed by atoms with Crippen LogP contribution in [0.25, 0.3) is 0 Å². The second-order valence-electron chi connectivity index (χ2n) is 6.76. The molecule has 25 heavy (non-hydrogen) atoms. The molecule has 0 aliphatic carbocycles. The Morgan fingerprint density at radius 1 is 1.08 bits per heavy atom. The number of rotatable bonds is 4. The van der Waals surface area contributed by atoms with Crippen LogP contribution in [0, 0.1) is 5.92 Å². The second kappa shape index (κ2) is 6.63. The zero-order valence-electron chi connectivity index (χ0n) is 13.9. The van der Waals surface area contributed by atoms with Crippen molar-refractivity contribution in [1.29, 1.82) is 0 Å². The van der Waals surface area contributed by atoms with E-state index >= 15 is 0 Å². The minimum absolute atomic E-state index is 0.0495. The van der Waals surface area contributed by atoms with Crippen molar-refractivity contribution in [3.63, 3.8) is 0 Å². The lowest BCUT2D eigenvalue weighted by atomic mass is 9.90. The fourth-order valence-corrected chi connectivity index (χ4v) is 3.57. The fourth-order valence-electron chi connectivity index (χ4n) is 3.57. The molecule has 6 heteroatoms. The van der Waals surface area contributed by atoms with E-state index in [-0.39, 0.29) is 17.7 Å². The topological polar surface area (TPSA) is 66.4 Å². The second-order valence-corrected chi connectivity index (χ2v) is 6.76. The molecule has 2 aromatic rings. The lowest BCUT2D eigenvalue weighted by Gasteiger charge is -2.40. The van der Waals surface area contributed by atoms with Gasteiger partial charge < -0.3 is 9.80 Å². The van der Waals surface area contributed by atoms with E-state index < -0.39 is 0 Å². The molecule has 6 nitrogen and oxygen atoms in total. The first-order chi connectivity index (χ1) is 12.2. The van der Waals surface area contributed by atoms with Crippen molar-refractivity contribution >= 4 is 11.8 Å². The number of hydrogen-bond donors (Lipinski definition) is 0. The van der Waals surface area contributed by atoms with Crippen molar-refractivity contribution in [2.75, 3.05) is 19.6 Å². The number of likely N-dealkylation sites (tertiary alicyclic amines) is 2. The van der Waals surface area contributed by atoms with Gasteiger partial charge in [-0.3, -0.25) is 19.6 Å². The zero-order chi connectivity index (χ0) is 17.2. The quantitative estimate of drug-likeness (QED) is 0.848. The first-order valence-corrected chi connectivity index (χ1v) is 8.56. The highest BCUT2D eigenvalue weighted by Gasteiger charge is 2.40. The molecule has 0 spiro atoms. The lowest BCUT2D eigenvalue weighted by molar-refractivity contribution is -0.140. The van der Waals surface area contributed by atoms with Crippen LogP contribution in [0.15, 0.2) is 49.1 Å². The molecule has 2 amide bonds. The van der Waals surface area contributed by atoms with Gasteiger partial charge in [-0.15, -0.1) is 0 Å². The van der Waals surface area contributed by atoms with Crippen molar-refractivity contribution in [2.24, 2.45) is 5.92 Å². The number of hydrogen-bond acceptors (Lipinski definition) is 4. The van der Waals surface area contributed by atoms with Crippen LogP contribution in [-0.2, 0) is 16.1 Å². The van der Waals surface area contributed by atoms with Gasteiger partial charge in [0.2, 0.25) is 11.8 Å². The van der Waals surface area contributed by atoms with Crippen molar-refractivity contribution < 1.29 is 9.59 Å². The molecule has 1 atom stereocenters. The maximum absolute atomic E-state index is 12.7. The molecule has 2 aliphatic rings. The molecule has 0 saturated carbocycles. The maximum Gasteiger partial charge on any atom is 0.228 e.